The van der Waals surface area contributed by atoms with E-state index in [0.717, 1.165) is 27.8 Å². The molecule has 4 nitrogen and oxygen atoms in total. The number of aryl methyl sites for hydroxylation is 1. The Kier molecular flexibility index (Phi) is 7.56. The van der Waals surface area contributed by atoms with Gasteiger partial charge in [0.1, 0.15) is 9.82 Å². The van der Waals surface area contributed by atoms with Crippen LogP contribution in [-0.2, 0) is 19.5 Å². The molecule has 0 saturated heterocycles. The second-order valence-corrected chi connectivity index (χ2v) is 8.72. The SMILES string of the molecule is OCCCc1cc2c(=S)c(C(=S)NCc3ccc(Cl)cc3)cn(CCO)c2s1. The molecule has 0 atom stereocenters. The summed E-state index contributed by atoms with van der Waals surface area (Å²) in [5.74, 6) is 0. The molecular formula is C20H21ClN2O2S3. The van der Waals surface area contributed by atoms with Crippen molar-refractivity contribution < 1.29 is 10.2 Å². The van der Waals surface area contributed by atoms with E-state index in [1.165, 1.54) is 4.88 Å². The van der Waals surface area contributed by atoms with Crippen LogP contribution in [0.4, 0.5) is 0 Å². The van der Waals surface area contributed by atoms with Crippen molar-refractivity contribution in [3.8, 4) is 0 Å². The molecule has 3 N–H and O–H groups in total. The average molecular weight is 453 g/mol. The van der Waals surface area contributed by atoms with E-state index in [-0.39, 0.29) is 13.2 Å². The summed E-state index contributed by atoms with van der Waals surface area (Å²) in [7, 11) is 0. The van der Waals surface area contributed by atoms with Gasteiger partial charge in [0.2, 0.25) is 0 Å². The predicted molar refractivity (Wildman–Crippen MR) is 123 cm³/mol. The first-order valence-electron chi connectivity index (χ1n) is 8.93. The Bertz CT molecular complexity index is 1030. The first-order valence-corrected chi connectivity index (χ1v) is 10.9. The minimum Gasteiger partial charge on any atom is -0.396 e. The molecule has 0 aliphatic heterocycles. The van der Waals surface area contributed by atoms with Gasteiger partial charge in [-0.2, -0.15) is 0 Å². The molecule has 0 bridgehead atoms. The van der Waals surface area contributed by atoms with Crippen LogP contribution in [0.5, 0.6) is 0 Å². The smallest absolute Gasteiger partial charge is 0.109 e. The minimum absolute atomic E-state index is 0.0326. The summed E-state index contributed by atoms with van der Waals surface area (Å²) in [4.78, 5) is 2.77. The minimum atomic E-state index is 0.0326. The van der Waals surface area contributed by atoms with Crippen molar-refractivity contribution in [1.82, 2.24) is 9.88 Å². The van der Waals surface area contributed by atoms with Crippen molar-refractivity contribution >= 4 is 62.6 Å². The molecule has 3 rings (SSSR count). The first-order chi connectivity index (χ1) is 13.5. The summed E-state index contributed by atoms with van der Waals surface area (Å²) in [6.07, 6.45) is 3.44. The number of fused-ring (bicyclic) bond motifs is 1. The first kappa shape index (κ1) is 21.4. The second-order valence-electron chi connectivity index (χ2n) is 6.36. The van der Waals surface area contributed by atoms with E-state index in [1.54, 1.807) is 11.3 Å². The van der Waals surface area contributed by atoms with Gasteiger partial charge in [0, 0.05) is 46.7 Å². The van der Waals surface area contributed by atoms with Crippen LogP contribution in [0.1, 0.15) is 22.4 Å². The maximum Gasteiger partial charge on any atom is 0.109 e. The van der Waals surface area contributed by atoms with E-state index in [1.807, 2.05) is 35.0 Å². The number of nitrogens with zero attached hydrogens (tertiary/aromatic N) is 1. The molecule has 0 spiro atoms. The molecule has 28 heavy (non-hydrogen) atoms. The van der Waals surface area contributed by atoms with E-state index in [0.29, 0.717) is 34.0 Å². The van der Waals surface area contributed by atoms with Crippen molar-refractivity contribution in [2.75, 3.05) is 13.2 Å². The number of thiocarbonyl (C=S) groups is 1. The van der Waals surface area contributed by atoms with Gasteiger partial charge in [0.05, 0.1) is 11.1 Å². The van der Waals surface area contributed by atoms with Crippen molar-refractivity contribution in [2.24, 2.45) is 0 Å². The van der Waals surface area contributed by atoms with E-state index in [4.69, 9.17) is 41.1 Å². The number of aliphatic hydroxyl groups is 2. The van der Waals surface area contributed by atoms with Crippen molar-refractivity contribution in [3.63, 3.8) is 0 Å². The number of pyridine rings is 1. The summed E-state index contributed by atoms with van der Waals surface area (Å²) in [6.45, 7) is 1.24. The van der Waals surface area contributed by atoms with Crippen LogP contribution in [-0.4, -0.2) is 33.0 Å². The third kappa shape index (κ3) is 4.97. The van der Waals surface area contributed by atoms with Gasteiger partial charge in [-0.1, -0.05) is 48.2 Å². The number of hydrogen-bond donors (Lipinski definition) is 3. The van der Waals surface area contributed by atoms with Crippen LogP contribution in [0.2, 0.25) is 5.02 Å². The number of thiophene rings is 1. The highest BCUT2D eigenvalue weighted by molar-refractivity contribution is 7.80. The van der Waals surface area contributed by atoms with Crippen molar-refractivity contribution in [1.29, 1.82) is 0 Å². The molecule has 3 aromatic rings. The highest BCUT2D eigenvalue weighted by Gasteiger charge is 2.13. The van der Waals surface area contributed by atoms with E-state index >= 15 is 0 Å². The van der Waals surface area contributed by atoms with E-state index in [9.17, 15) is 5.11 Å². The fourth-order valence-corrected chi connectivity index (χ4v) is 4.91. The van der Waals surface area contributed by atoms with Gasteiger partial charge in [-0.3, -0.25) is 0 Å². The zero-order valence-corrected chi connectivity index (χ0v) is 18.4. The number of benzene rings is 1. The van der Waals surface area contributed by atoms with Crippen LogP contribution >= 0.6 is 47.4 Å². The Balaban J connectivity index is 1.90. The zero-order valence-electron chi connectivity index (χ0n) is 15.2. The van der Waals surface area contributed by atoms with Gasteiger partial charge in [0.25, 0.3) is 0 Å². The monoisotopic (exact) mass is 452 g/mol. The quantitative estimate of drug-likeness (QED) is 0.440. The molecule has 2 heterocycles. The normalized spacial score (nSPS) is 11.1. The highest BCUT2D eigenvalue weighted by Crippen LogP contribution is 2.29. The number of hydrogen-bond acceptors (Lipinski definition) is 5. The summed E-state index contributed by atoms with van der Waals surface area (Å²) < 4.78 is 2.72. The Morgan fingerprint density at radius 2 is 1.93 bits per heavy atom. The van der Waals surface area contributed by atoms with E-state index in [2.05, 4.69) is 11.4 Å². The number of aromatic nitrogens is 1. The summed E-state index contributed by atoms with van der Waals surface area (Å²) in [6, 6.07) is 9.68. The van der Waals surface area contributed by atoms with Crippen LogP contribution < -0.4 is 5.32 Å². The molecule has 1 aromatic carbocycles. The Labute approximate surface area is 183 Å². The summed E-state index contributed by atoms with van der Waals surface area (Å²) in [5.41, 5.74) is 1.86. The Morgan fingerprint density at radius 3 is 2.61 bits per heavy atom. The molecule has 148 valence electrons. The van der Waals surface area contributed by atoms with Gasteiger partial charge < -0.3 is 20.1 Å². The van der Waals surface area contributed by atoms with Crippen molar-refractivity contribution in [2.45, 2.75) is 25.9 Å². The number of nitrogens with one attached hydrogen (secondary N) is 1. The second kappa shape index (κ2) is 9.91. The van der Waals surface area contributed by atoms with Crippen molar-refractivity contribution in [3.05, 3.63) is 62.1 Å². The summed E-state index contributed by atoms with van der Waals surface area (Å²) in [5, 5.41) is 23.5. The molecule has 0 aliphatic carbocycles. The topological polar surface area (TPSA) is 57.4 Å². The lowest BCUT2D eigenvalue weighted by Gasteiger charge is -2.13. The molecule has 0 aliphatic rings. The van der Waals surface area contributed by atoms with Crippen LogP contribution in [0, 0.1) is 4.51 Å². The van der Waals surface area contributed by atoms with Gasteiger partial charge >= 0.3 is 0 Å². The Hall–Kier alpha value is -1.35. The summed E-state index contributed by atoms with van der Waals surface area (Å²) >= 11 is 18.9. The lowest BCUT2D eigenvalue weighted by Crippen LogP contribution is -2.23. The van der Waals surface area contributed by atoms with Crippen LogP contribution in [0.25, 0.3) is 10.2 Å². The molecule has 0 fully saturated rings. The lowest BCUT2D eigenvalue weighted by molar-refractivity contribution is 0.278. The standard InChI is InChI=1S/C20H21ClN2O2S3/c21-14-5-3-13(4-6-14)11-22-19(27)17-12-23(7-9-25)20-16(18(17)26)10-15(28-20)2-1-8-24/h3-6,10,12,24-25H,1-2,7-9,11H2,(H,22,27). The molecule has 2 aromatic heterocycles. The molecule has 0 radical (unpaired) electrons. The number of halogens is 1. The van der Waals surface area contributed by atoms with Gasteiger partial charge in [-0.25, -0.2) is 0 Å². The third-order valence-corrected chi connectivity index (χ3v) is 6.62. The molecule has 0 unspecified atom stereocenters. The Morgan fingerprint density at radius 1 is 1.18 bits per heavy atom. The maximum atomic E-state index is 9.47. The number of aliphatic hydroxyl groups excluding tert-OH is 2. The predicted octanol–water partition coefficient (Wildman–Crippen LogP) is 4.47. The van der Waals surface area contributed by atoms with Crippen LogP contribution in [0.15, 0.2) is 36.5 Å². The highest BCUT2D eigenvalue weighted by atomic mass is 35.5. The van der Waals surface area contributed by atoms with Gasteiger partial charge in [0.15, 0.2) is 0 Å². The molecule has 8 heteroatoms. The molecule has 0 saturated carbocycles. The maximum absolute atomic E-state index is 9.47. The molecular weight excluding hydrogens is 432 g/mol. The molecule has 0 amide bonds. The largest absolute Gasteiger partial charge is 0.396 e. The van der Waals surface area contributed by atoms with Gasteiger partial charge in [-0.05, 0) is 36.6 Å². The lowest BCUT2D eigenvalue weighted by atomic mass is 10.2. The zero-order chi connectivity index (χ0) is 20.1. The van der Waals surface area contributed by atoms with Gasteiger partial charge in [-0.15, -0.1) is 11.3 Å². The average Bonchev–Trinajstić information content (AvgIpc) is 3.13. The van der Waals surface area contributed by atoms with Crippen LogP contribution in [0.3, 0.4) is 0 Å². The number of rotatable bonds is 8. The fraction of sp³-hybridized carbons (Fsp3) is 0.300. The third-order valence-electron chi connectivity index (χ3n) is 4.33. The van der Waals surface area contributed by atoms with E-state index < -0.39 is 0 Å². The fourth-order valence-electron chi connectivity index (χ4n) is 2.92.